The fraction of sp³-hybridized carbons (Fsp3) is 0.412. The van der Waals surface area contributed by atoms with Gasteiger partial charge in [0.15, 0.2) is 5.82 Å². The predicted molar refractivity (Wildman–Crippen MR) is 89.5 cm³/mol. The maximum absolute atomic E-state index is 6.52. The summed E-state index contributed by atoms with van der Waals surface area (Å²) in [5.74, 6) is 1.72. The van der Waals surface area contributed by atoms with Gasteiger partial charge < -0.3 is 14.4 Å². The van der Waals surface area contributed by atoms with Crippen LogP contribution in [0.3, 0.4) is 0 Å². The molecule has 0 saturated carbocycles. The first-order chi connectivity index (χ1) is 12.3. The normalized spacial score (nSPS) is 19.4. The van der Waals surface area contributed by atoms with Crippen LogP contribution < -0.4 is 9.64 Å². The summed E-state index contributed by atoms with van der Waals surface area (Å²) in [6.45, 7) is 2.85. The molecule has 1 spiro atoms. The van der Waals surface area contributed by atoms with Crippen molar-refractivity contribution in [1.29, 1.82) is 0 Å². The molecule has 5 rings (SSSR count). The van der Waals surface area contributed by atoms with Crippen LogP contribution in [0.15, 0.2) is 36.7 Å². The van der Waals surface area contributed by atoms with Crippen molar-refractivity contribution in [3.8, 4) is 5.75 Å². The Morgan fingerprint density at radius 2 is 2.00 bits per heavy atom. The SMILES string of the molecule is c1ccc2c(c1)CN(c1nccn3nnnc13)CC1(CCOCC1)O2. The highest BCUT2D eigenvalue weighted by molar-refractivity contribution is 5.63. The number of nitrogens with zero attached hydrogens (tertiary/aromatic N) is 6. The lowest BCUT2D eigenvalue weighted by Gasteiger charge is -2.39. The van der Waals surface area contributed by atoms with E-state index in [2.05, 4.69) is 31.5 Å². The molecule has 0 unspecified atom stereocenters. The third-order valence-corrected chi connectivity index (χ3v) is 4.94. The fourth-order valence-electron chi connectivity index (χ4n) is 3.65. The van der Waals surface area contributed by atoms with Crippen molar-refractivity contribution in [3.63, 3.8) is 0 Å². The summed E-state index contributed by atoms with van der Waals surface area (Å²) in [7, 11) is 0. The molecule has 0 N–H and O–H groups in total. The van der Waals surface area contributed by atoms with Crippen LogP contribution in [0.2, 0.25) is 0 Å². The number of hydrogen-bond acceptors (Lipinski definition) is 7. The first-order valence-corrected chi connectivity index (χ1v) is 8.45. The number of anilines is 1. The van der Waals surface area contributed by atoms with E-state index in [0.29, 0.717) is 25.4 Å². The minimum Gasteiger partial charge on any atom is -0.485 e. The average molecular weight is 338 g/mol. The van der Waals surface area contributed by atoms with Gasteiger partial charge in [0.05, 0.1) is 26.0 Å². The molecule has 8 nitrogen and oxygen atoms in total. The van der Waals surface area contributed by atoms with Crippen molar-refractivity contribution in [1.82, 2.24) is 25.0 Å². The summed E-state index contributed by atoms with van der Waals surface area (Å²) in [5.41, 5.74) is 1.51. The first kappa shape index (κ1) is 14.6. The highest BCUT2D eigenvalue weighted by atomic mass is 16.5. The maximum atomic E-state index is 6.52. The smallest absolute Gasteiger partial charge is 0.222 e. The molecular formula is C17H18N6O2. The van der Waals surface area contributed by atoms with Gasteiger partial charge in [-0.1, -0.05) is 18.2 Å². The zero-order valence-corrected chi connectivity index (χ0v) is 13.7. The van der Waals surface area contributed by atoms with E-state index in [4.69, 9.17) is 9.47 Å². The summed E-state index contributed by atoms with van der Waals surface area (Å²) in [6.07, 6.45) is 5.19. The molecule has 0 atom stereocenters. The Bertz CT molecular complexity index is 905. The van der Waals surface area contributed by atoms with E-state index in [0.717, 1.165) is 36.5 Å². The van der Waals surface area contributed by atoms with Crippen molar-refractivity contribution in [3.05, 3.63) is 42.2 Å². The van der Waals surface area contributed by atoms with E-state index in [-0.39, 0.29) is 5.60 Å². The molecule has 0 aliphatic carbocycles. The Balaban J connectivity index is 1.62. The first-order valence-electron chi connectivity index (χ1n) is 8.45. The van der Waals surface area contributed by atoms with Gasteiger partial charge in [-0.25, -0.2) is 4.98 Å². The molecule has 1 fully saturated rings. The Kier molecular flexibility index (Phi) is 3.30. The highest BCUT2D eigenvalue weighted by Crippen LogP contribution is 2.36. The Hall–Kier alpha value is -2.74. The number of rotatable bonds is 1. The van der Waals surface area contributed by atoms with Crippen LogP contribution in [-0.2, 0) is 11.3 Å². The van der Waals surface area contributed by atoms with Crippen molar-refractivity contribution in [2.75, 3.05) is 24.7 Å². The van der Waals surface area contributed by atoms with Gasteiger partial charge in [-0.3, -0.25) is 0 Å². The molecular weight excluding hydrogens is 320 g/mol. The second-order valence-electron chi connectivity index (χ2n) is 6.56. The zero-order chi connectivity index (χ0) is 16.7. The number of fused-ring (bicyclic) bond motifs is 2. The number of tetrazole rings is 1. The molecule has 3 aromatic rings. The van der Waals surface area contributed by atoms with Gasteiger partial charge in [0.1, 0.15) is 11.4 Å². The summed E-state index contributed by atoms with van der Waals surface area (Å²) >= 11 is 0. The van der Waals surface area contributed by atoms with Crippen LogP contribution in [-0.4, -0.2) is 50.4 Å². The Morgan fingerprint density at radius 1 is 1.12 bits per heavy atom. The van der Waals surface area contributed by atoms with Gasteiger partial charge in [-0.15, -0.1) is 5.10 Å². The monoisotopic (exact) mass is 338 g/mol. The molecule has 0 bridgehead atoms. The van der Waals surface area contributed by atoms with E-state index in [1.54, 1.807) is 16.9 Å². The second kappa shape index (κ2) is 5.66. The lowest BCUT2D eigenvalue weighted by atomic mass is 9.93. The molecule has 1 aromatic carbocycles. The minimum absolute atomic E-state index is 0.285. The molecule has 1 saturated heterocycles. The molecule has 128 valence electrons. The Labute approximate surface area is 144 Å². The number of aromatic nitrogens is 5. The predicted octanol–water partition coefficient (Wildman–Crippen LogP) is 1.47. The lowest BCUT2D eigenvalue weighted by Crippen LogP contribution is -2.49. The zero-order valence-electron chi connectivity index (χ0n) is 13.7. The van der Waals surface area contributed by atoms with Crippen molar-refractivity contribution >= 4 is 11.5 Å². The highest BCUT2D eigenvalue weighted by Gasteiger charge is 2.40. The van der Waals surface area contributed by atoms with Gasteiger partial charge in [-0.05, 0) is 16.5 Å². The fourth-order valence-corrected chi connectivity index (χ4v) is 3.65. The number of ether oxygens (including phenoxy) is 2. The van der Waals surface area contributed by atoms with E-state index in [1.165, 1.54) is 0 Å². The summed E-state index contributed by atoms with van der Waals surface area (Å²) in [6, 6.07) is 8.20. The number of hydrogen-bond donors (Lipinski definition) is 0. The van der Waals surface area contributed by atoms with Crippen molar-refractivity contribution in [2.45, 2.75) is 25.0 Å². The molecule has 0 radical (unpaired) electrons. The van der Waals surface area contributed by atoms with E-state index >= 15 is 0 Å². The summed E-state index contributed by atoms with van der Waals surface area (Å²) < 4.78 is 13.7. The largest absolute Gasteiger partial charge is 0.485 e. The third kappa shape index (κ3) is 2.49. The molecule has 2 aliphatic rings. The van der Waals surface area contributed by atoms with Crippen LogP contribution in [0.5, 0.6) is 5.75 Å². The van der Waals surface area contributed by atoms with Gasteiger partial charge in [-0.2, -0.15) is 4.52 Å². The van der Waals surface area contributed by atoms with Crippen LogP contribution in [0.25, 0.3) is 5.65 Å². The van der Waals surface area contributed by atoms with E-state index in [9.17, 15) is 0 Å². The molecule has 0 amide bonds. The minimum atomic E-state index is -0.285. The average Bonchev–Trinajstić information content (AvgIpc) is 3.06. The van der Waals surface area contributed by atoms with Crippen LogP contribution >= 0.6 is 0 Å². The summed E-state index contributed by atoms with van der Waals surface area (Å²) in [5, 5.41) is 11.9. The second-order valence-corrected chi connectivity index (χ2v) is 6.56. The van der Waals surface area contributed by atoms with Gasteiger partial charge in [0.2, 0.25) is 5.65 Å². The van der Waals surface area contributed by atoms with Crippen LogP contribution in [0.4, 0.5) is 5.82 Å². The number of para-hydroxylation sites is 1. The molecule has 2 aliphatic heterocycles. The molecule has 2 aromatic heterocycles. The van der Waals surface area contributed by atoms with Crippen molar-refractivity contribution in [2.24, 2.45) is 0 Å². The molecule has 4 heterocycles. The van der Waals surface area contributed by atoms with Gasteiger partial charge >= 0.3 is 0 Å². The Morgan fingerprint density at radius 3 is 2.92 bits per heavy atom. The third-order valence-electron chi connectivity index (χ3n) is 4.94. The lowest BCUT2D eigenvalue weighted by molar-refractivity contribution is -0.0391. The quantitative estimate of drug-likeness (QED) is 0.665. The van der Waals surface area contributed by atoms with Crippen LogP contribution in [0, 0.1) is 0 Å². The summed E-state index contributed by atoms with van der Waals surface area (Å²) in [4.78, 5) is 6.80. The molecule has 8 heteroatoms. The molecule has 25 heavy (non-hydrogen) atoms. The number of benzene rings is 1. The topological polar surface area (TPSA) is 77.7 Å². The van der Waals surface area contributed by atoms with Gasteiger partial charge in [0.25, 0.3) is 0 Å². The standard InChI is InChI=1S/C17H18N6O2/c1-2-4-14-13(3-1)11-22(12-17(25-14)5-9-24-10-6-17)15-16-19-20-21-23(16)8-7-18-15/h1-4,7-8H,5-6,9-12H2. The van der Waals surface area contributed by atoms with E-state index < -0.39 is 0 Å². The maximum Gasteiger partial charge on any atom is 0.222 e. The van der Waals surface area contributed by atoms with Crippen molar-refractivity contribution < 1.29 is 9.47 Å². The van der Waals surface area contributed by atoms with Gasteiger partial charge in [0, 0.05) is 31.1 Å². The van der Waals surface area contributed by atoms with Crippen LogP contribution in [0.1, 0.15) is 18.4 Å². The van der Waals surface area contributed by atoms with E-state index in [1.807, 2.05) is 18.2 Å².